The number of methoxy groups -OCH3 is 1. The standard InChI is InChI=1S/C21H22N2O4/c1-14(2)12-23(3)21(24)18-11-15(27-22-18)13-26-20-10-9-19(25-4)16-7-5-6-8-17(16)20/h5-11H,1,12-13H2,2-4H3. The highest BCUT2D eigenvalue weighted by molar-refractivity contribution is 5.93. The van der Waals surface area contributed by atoms with E-state index in [1.165, 1.54) is 0 Å². The van der Waals surface area contributed by atoms with E-state index in [4.69, 9.17) is 14.0 Å². The molecule has 0 fully saturated rings. The normalized spacial score (nSPS) is 10.6. The SMILES string of the molecule is C=C(C)CN(C)C(=O)c1cc(COc2ccc(OC)c3ccccc23)on1. The molecule has 0 N–H and O–H groups in total. The topological polar surface area (TPSA) is 64.8 Å². The summed E-state index contributed by atoms with van der Waals surface area (Å²) in [6, 6.07) is 13.1. The van der Waals surface area contributed by atoms with Crippen molar-refractivity contribution in [3.8, 4) is 11.5 Å². The van der Waals surface area contributed by atoms with Gasteiger partial charge < -0.3 is 18.9 Å². The molecule has 0 bridgehead atoms. The van der Waals surface area contributed by atoms with Crippen LogP contribution in [0.1, 0.15) is 23.2 Å². The smallest absolute Gasteiger partial charge is 0.276 e. The predicted molar refractivity (Wildman–Crippen MR) is 103 cm³/mol. The summed E-state index contributed by atoms with van der Waals surface area (Å²) >= 11 is 0. The predicted octanol–water partition coefficient (Wildman–Crippen LogP) is 4.06. The molecule has 0 unspecified atom stereocenters. The van der Waals surface area contributed by atoms with Gasteiger partial charge >= 0.3 is 0 Å². The van der Waals surface area contributed by atoms with Crippen molar-refractivity contribution in [2.45, 2.75) is 13.5 Å². The molecule has 140 valence electrons. The Bertz CT molecular complexity index is 977. The van der Waals surface area contributed by atoms with E-state index in [2.05, 4.69) is 11.7 Å². The van der Waals surface area contributed by atoms with Crippen molar-refractivity contribution in [2.75, 3.05) is 20.7 Å². The number of benzene rings is 2. The van der Waals surface area contributed by atoms with E-state index >= 15 is 0 Å². The first-order chi connectivity index (χ1) is 13.0. The minimum absolute atomic E-state index is 0.167. The van der Waals surface area contributed by atoms with Crippen LogP contribution < -0.4 is 9.47 Å². The molecule has 1 aromatic heterocycles. The highest BCUT2D eigenvalue weighted by Crippen LogP contribution is 2.33. The molecule has 0 saturated carbocycles. The number of hydrogen-bond acceptors (Lipinski definition) is 5. The molecule has 2 aromatic carbocycles. The highest BCUT2D eigenvalue weighted by atomic mass is 16.5. The second-order valence-electron chi connectivity index (χ2n) is 6.40. The number of hydrogen-bond donors (Lipinski definition) is 0. The zero-order valence-electron chi connectivity index (χ0n) is 15.7. The first kappa shape index (κ1) is 18.5. The second kappa shape index (κ2) is 7.95. The van der Waals surface area contributed by atoms with E-state index in [1.807, 2.05) is 43.3 Å². The molecule has 1 heterocycles. The third-order valence-electron chi connectivity index (χ3n) is 4.07. The van der Waals surface area contributed by atoms with Gasteiger partial charge in [0.05, 0.1) is 7.11 Å². The van der Waals surface area contributed by atoms with Crippen molar-refractivity contribution in [3.63, 3.8) is 0 Å². The molecule has 0 spiro atoms. The Hall–Kier alpha value is -3.28. The molecular weight excluding hydrogens is 344 g/mol. The van der Waals surface area contributed by atoms with E-state index in [9.17, 15) is 4.79 Å². The number of likely N-dealkylation sites (N-methyl/N-ethyl adjacent to an activating group) is 1. The first-order valence-electron chi connectivity index (χ1n) is 8.53. The highest BCUT2D eigenvalue weighted by Gasteiger charge is 2.17. The summed E-state index contributed by atoms with van der Waals surface area (Å²) in [5.41, 5.74) is 1.14. The van der Waals surface area contributed by atoms with Crippen molar-refractivity contribution in [3.05, 3.63) is 66.1 Å². The average Bonchev–Trinajstić information content (AvgIpc) is 3.13. The number of amides is 1. The van der Waals surface area contributed by atoms with Gasteiger partial charge in [-0.05, 0) is 19.1 Å². The molecular formula is C21H22N2O4. The molecule has 3 aromatic rings. The number of rotatable bonds is 7. The van der Waals surface area contributed by atoms with Gasteiger partial charge in [-0.15, -0.1) is 0 Å². The second-order valence-corrected chi connectivity index (χ2v) is 6.40. The lowest BCUT2D eigenvalue weighted by atomic mass is 10.1. The minimum atomic E-state index is -0.220. The molecule has 0 saturated heterocycles. The Kier molecular flexibility index (Phi) is 5.45. The maximum atomic E-state index is 12.3. The zero-order valence-corrected chi connectivity index (χ0v) is 15.7. The van der Waals surface area contributed by atoms with E-state index in [-0.39, 0.29) is 18.2 Å². The van der Waals surface area contributed by atoms with Gasteiger partial charge in [0.1, 0.15) is 18.1 Å². The summed E-state index contributed by atoms with van der Waals surface area (Å²) in [6.45, 7) is 6.31. The van der Waals surface area contributed by atoms with Crippen LogP contribution in [0.3, 0.4) is 0 Å². The Labute approximate surface area is 158 Å². The summed E-state index contributed by atoms with van der Waals surface area (Å²) in [7, 11) is 3.34. The van der Waals surface area contributed by atoms with Crippen LogP contribution in [0.15, 0.2) is 59.1 Å². The van der Waals surface area contributed by atoms with Crippen LogP contribution in [0.4, 0.5) is 0 Å². The fraction of sp³-hybridized carbons (Fsp3) is 0.238. The summed E-state index contributed by atoms with van der Waals surface area (Å²) in [4.78, 5) is 13.9. The molecule has 1 amide bonds. The quantitative estimate of drug-likeness (QED) is 0.590. The molecule has 0 aliphatic carbocycles. The summed E-state index contributed by atoms with van der Waals surface area (Å²) in [5, 5.41) is 5.75. The van der Waals surface area contributed by atoms with Gasteiger partial charge in [0.15, 0.2) is 11.5 Å². The monoisotopic (exact) mass is 366 g/mol. The zero-order chi connectivity index (χ0) is 19.4. The Morgan fingerprint density at radius 3 is 2.52 bits per heavy atom. The number of carbonyl (C=O) groups is 1. The summed E-state index contributed by atoms with van der Waals surface area (Å²) < 4.78 is 16.5. The molecule has 0 aliphatic rings. The van der Waals surface area contributed by atoms with Gasteiger partial charge in [0, 0.05) is 30.4 Å². The molecule has 3 rings (SSSR count). The van der Waals surface area contributed by atoms with Crippen LogP contribution in [-0.2, 0) is 6.61 Å². The Balaban J connectivity index is 1.73. The maximum Gasteiger partial charge on any atom is 0.276 e. The van der Waals surface area contributed by atoms with Gasteiger partial charge in [-0.2, -0.15) is 0 Å². The van der Waals surface area contributed by atoms with Crippen LogP contribution in [0, 0.1) is 0 Å². The lowest BCUT2D eigenvalue weighted by Gasteiger charge is -2.14. The average molecular weight is 366 g/mol. The van der Waals surface area contributed by atoms with Crippen LogP contribution in [0.5, 0.6) is 11.5 Å². The van der Waals surface area contributed by atoms with Crippen LogP contribution in [-0.4, -0.2) is 36.7 Å². The number of nitrogens with zero attached hydrogens (tertiary/aromatic N) is 2. The molecule has 0 atom stereocenters. The number of carbonyl (C=O) groups excluding carboxylic acids is 1. The maximum absolute atomic E-state index is 12.3. The van der Waals surface area contributed by atoms with Crippen molar-refractivity contribution in [1.82, 2.24) is 10.1 Å². The van der Waals surface area contributed by atoms with Gasteiger partial charge in [-0.25, -0.2) is 0 Å². The number of aromatic nitrogens is 1. The summed E-state index contributed by atoms with van der Waals surface area (Å²) in [5.74, 6) is 1.74. The molecule has 6 nitrogen and oxygen atoms in total. The van der Waals surface area contributed by atoms with E-state index in [0.29, 0.717) is 18.1 Å². The van der Waals surface area contributed by atoms with Crippen molar-refractivity contribution >= 4 is 16.7 Å². The van der Waals surface area contributed by atoms with Crippen molar-refractivity contribution in [2.24, 2.45) is 0 Å². The van der Waals surface area contributed by atoms with Crippen molar-refractivity contribution < 1.29 is 18.8 Å². The molecule has 27 heavy (non-hydrogen) atoms. The fourth-order valence-electron chi connectivity index (χ4n) is 2.85. The molecule has 0 aliphatic heterocycles. The lowest BCUT2D eigenvalue weighted by Crippen LogP contribution is -2.28. The van der Waals surface area contributed by atoms with Gasteiger partial charge in [-0.1, -0.05) is 41.6 Å². The molecule has 0 radical (unpaired) electrons. The van der Waals surface area contributed by atoms with Crippen molar-refractivity contribution in [1.29, 1.82) is 0 Å². The summed E-state index contributed by atoms with van der Waals surface area (Å²) in [6.07, 6.45) is 0. The van der Waals surface area contributed by atoms with Gasteiger partial charge in [-0.3, -0.25) is 4.79 Å². The largest absolute Gasteiger partial charge is 0.496 e. The van der Waals surface area contributed by atoms with E-state index < -0.39 is 0 Å². The first-order valence-corrected chi connectivity index (χ1v) is 8.53. The number of fused-ring (bicyclic) bond motifs is 1. The third kappa shape index (κ3) is 4.11. The molecule has 6 heteroatoms. The van der Waals surface area contributed by atoms with E-state index in [1.54, 1.807) is 25.1 Å². The van der Waals surface area contributed by atoms with Gasteiger partial charge in [0.2, 0.25) is 0 Å². The van der Waals surface area contributed by atoms with Crippen LogP contribution in [0.25, 0.3) is 10.8 Å². The minimum Gasteiger partial charge on any atom is -0.496 e. The third-order valence-corrected chi connectivity index (χ3v) is 4.07. The van der Waals surface area contributed by atoms with E-state index in [0.717, 1.165) is 22.1 Å². The Morgan fingerprint density at radius 2 is 1.85 bits per heavy atom. The fourth-order valence-corrected chi connectivity index (χ4v) is 2.85. The van der Waals surface area contributed by atoms with Crippen LogP contribution in [0.2, 0.25) is 0 Å². The number of ether oxygens (including phenoxy) is 2. The Morgan fingerprint density at radius 1 is 1.19 bits per heavy atom. The lowest BCUT2D eigenvalue weighted by molar-refractivity contribution is 0.0796. The van der Waals surface area contributed by atoms with Crippen LogP contribution >= 0.6 is 0 Å². The van der Waals surface area contributed by atoms with Gasteiger partial charge in [0.25, 0.3) is 5.91 Å².